The Kier molecular flexibility index (Phi) is 8.32. The van der Waals surface area contributed by atoms with Crippen molar-refractivity contribution >= 4 is 21.6 Å². The third kappa shape index (κ3) is 6.33. The van der Waals surface area contributed by atoms with Crippen LogP contribution in [0.25, 0.3) is 0 Å². The standard InChI is InChI=1S/C25H35N3O3S/c1-20-17-21(2)19-28(18-20)16-8-7-15-26-25(29)22-11-13-24(14-12-22)32(30,31)27(3)23-9-5-4-6-10-23/h4-6,9-14,20-21H,7-8,15-19H2,1-3H3,(H,26,29). The molecule has 32 heavy (non-hydrogen) atoms. The summed E-state index contributed by atoms with van der Waals surface area (Å²) in [5.41, 5.74) is 1.05. The zero-order chi connectivity index (χ0) is 23.1. The Morgan fingerprint density at radius 2 is 1.62 bits per heavy atom. The normalized spacial score (nSPS) is 19.5. The van der Waals surface area contributed by atoms with Gasteiger partial charge < -0.3 is 10.2 Å². The molecule has 1 aliphatic rings. The number of anilines is 1. The number of nitrogens with zero attached hydrogens (tertiary/aromatic N) is 2. The number of carbonyl (C=O) groups is 1. The Labute approximate surface area is 192 Å². The SMILES string of the molecule is CC1CC(C)CN(CCCCNC(=O)c2ccc(S(=O)(=O)N(C)c3ccccc3)cc2)C1. The Morgan fingerprint density at radius 1 is 1.00 bits per heavy atom. The average Bonchev–Trinajstić information content (AvgIpc) is 2.78. The fourth-order valence-corrected chi connectivity index (χ4v) is 5.65. The van der Waals surface area contributed by atoms with Crippen molar-refractivity contribution in [1.29, 1.82) is 0 Å². The molecule has 7 heteroatoms. The summed E-state index contributed by atoms with van der Waals surface area (Å²) in [6.45, 7) is 8.68. The lowest BCUT2D eigenvalue weighted by atomic mass is 9.92. The number of amides is 1. The van der Waals surface area contributed by atoms with Crippen molar-refractivity contribution in [3.05, 3.63) is 60.2 Å². The van der Waals surface area contributed by atoms with E-state index in [1.54, 1.807) is 36.4 Å². The average molecular weight is 458 g/mol. The highest BCUT2D eigenvalue weighted by Crippen LogP contribution is 2.22. The molecule has 6 nitrogen and oxygen atoms in total. The van der Waals surface area contributed by atoms with Gasteiger partial charge in [-0.15, -0.1) is 0 Å². The summed E-state index contributed by atoms with van der Waals surface area (Å²) in [6.07, 6.45) is 3.30. The minimum Gasteiger partial charge on any atom is -0.352 e. The van der Waals surface area contributed by atoms with Crippen LogP contribution in [-0.2, 0) is 10.0 Å². The summed E-state index contributed by atoms with van der Waals surface area (Å²) in [7, 11) is -2.16. The van der Waals surface area contributed by atoms with Gasteiger partial charge in [-0.25, -0.2) is 8.42 Å². The number of benzene rings is 2. The molecule has 1 heterocycles. The van der Waals surface area contributed by atoms with Gasteiger partial charge in [-0.3, -0.25) is 9.10 Å². The van der Waals surface area contributed by atoms with Crippen LogP contribution in [-0.4, -0.2) is 52.5 Å². The molecule has 2 aromatic rings. The largest absolute Gasteiger partial charge is 0.352 e. The lowest BCUT2D eigenvalue weighted by Crippen LogP contribution is -2.39. The van der Waals surface area contributed by atoms with Gasteiger partial charge in [-0.1, -0.05) is 32.0 Å². The van der Waals surface area contributed by atoms with Crippen molar-refractivity contribution < 1.29 is 13.2 Å². The molecule has 174 valence electrons. The Balaban J connectivity index is 1.46. The summed E-state index contributed by atoms with van der Waals surface area (Å²) in [4.78, 5) is 15.1. The van der Waals surface area contributed by atoms with Crippen LogP contribution in [0.15, 0.2) is 59.5 Å². The number of likely N-dealkylation sites (tertiary alicyclic amines) is 1. The third-order valence-corrected chi connectivity index (χ3v) is 7.83. The van der Waals surface area contributed by atoms with E-state index in [9.17, 15) is 13.2 Å². The molecular formula is C25H35N3O3S. The Bertz CT molecular complexity index is 967. The van der Waals surface area contributed by atoms with Crippen LogP contribution in [0.4, 0.5) is 5.69 Å². The van der Waals surface area contributed by atoms with Crippen LogP contribution in [0.5, 0.6) is 0 Å². The fourth-order valence-electron chi connectivity index (χ4n) is 4.45. The lowest BCUT2D eigenvalue weighted by Gasteiger charge is -2.34. The number of carbonyl (C=O) groups excluding carboxylic acids is 1. The summed E-state index contributed by atoms with van der Waals surface area (Å²) in [5, 5.41) is 2.94. The van der Waals surface area contributed by atoms with Crippen molar-refractivity contribution in [2.75, 3.05) is 37.5 Å². The summed E-state index contributed by atoms with van der Waals surface area (Å²) in [5.74, 6) is 1.35. The van der Waals surface area contributed by atoms with E-state index in [2.05, 4.69) is 24.1 Å². The highest BCUT2D eigenvalue weighted by atomic mass is 32.2. The number of rotatable bonds is 9. The van der Waals surface area contributed by atoms with Gasteiger partial charge in [0, 0.05) is 32.2 Å². The molecule has 2 atom stereocenters. The van der Waals surface area contributed by atoms with Crippen molar-refractivity contribution in [1.82, 2.24) is 10.2 Å². The van der Waals surface area contributed by atoms with E-state index in [0.717, 1.165) is 31.2 Å². The Hall–Kier alpha value is -2.38. The van der Waals surface area contributed by atoms with Crippen molar-refractivity contribution in [3.8, 4) is 0 Å². The van der Waals surface area contributed by atoms with Crippen LogP contribution in [0.2, 0.25) is 0 Å². The minimum absolute atomic E-state index is 0.158. The van der Waals surface area contributed by atoms with Gasteiger partial charge in [0.15, 0.2) is 0 Å². The quantitative estimate of drug-likeness (QED) is 0.578. The van der Waals surface area contributed by atoms with E-state index in [1.165, 1.54) is 43.0 Å². The number of para-hydroxylation sites is 1. The lowest BCUT2D eigenvalue weighted by molar-refractivity contribution is 0.0951. The molecule has 0 aliphatic carbocycles. The number of unbranched alkanes of at least 4 members (excludes halogenated alkanes) is 1. The molecule has 1 fully saturated rings. The molecule has 1 aliphatic heterocycles. The van der Waals surface area contributed by atoms with Gasteiger partial charge >= 0.3 is 0 Å². The molecule has 1 amide bonds. The molecule has 0 saturated carbocycles. The molecule has 1 N–H and O–H groups in total. The van der Waals surface area contributed by atoms with Gasteiger partial charge in [-0.2, -0.15) is 0 Å². The van der Waals surface area contributed by atoms with Gasteiger partial charge in [-0.05, 0) is 74.0 Å². The van der Waals surface area contributed by atoms with E-state index in [1.807, 2.05) is 6.07 Å². The van der Waals surface area contributed by atoms with E-state index in [-0.39, 0.29) is 10.8 Å². The molecule has 0 bridgehead atoms. The van der Waals surface area contributed by atoms with E-state index < -0.39 is 10.0 Å². The van der Waals surface area contributed by atoms with E-state index in [4.69, 9.17) is 0 Å². The van der Waals surface area contributed by atoms with Crippen molar-refractivity contribution in [2.45, 2.75) is 38.0 Å². The number of hydrogen-bond acceptors (Lipinski definition) is 4. The Morgan fingerprint density at radius 3 is 2.25 bits per heavy atom. The van der Waals surface area contributed by atoms with Gasteiger partial charge in [0.2, 0.25) is 0 Å². The molecule has 2 unspecified atom stereocenters. The van der Waals surface area contributed by atoms with Crippen LogP contribution >= 0.6 is 0 Å². The third-order valence-electron chi connectivity index (χ3n) is 6.03. The second-order valence-corrected chi connectivity index (χ2v) is 11.0. The molecule has 2 aromatic carbocycles. The number of piperidine rings is 1. The monoisotopic (exact) mass is 457 g/mol. The van der Waals surface area contributed by atoms with E-state index >= 15 is 0 Å². The summed E-state index contributed by atoms with van der Waals surface area (Å²) in [6, 6.07) is 15.0. The highest BCUT2D eigenvalue weighted by Gasteiger charge is 2.22. The van der Waals surface area contributed by atoms with E-state index in [0.29, 0.717) is 17.8 Å². The minimum atomic E-state index is -3.68. The first-order valence-corrected chi connectivity index (χ1v) is 12.9. The smallest absolute Gasteiger partial charge is 0.264 e. The molecular weight excluding hydrogens is 422 g/mol. The predicted molar refractivity (Wildman–Crippen MR) is 129 cm³/mol. The first kappa shape index (κ1) is 24.3. The number of nitrogens with one attached hydrogen (secondary N) is 1. The molecule has 1 saturated heterocycles. The topological polar surface area (TPSA) is 69.7 Å². The first-order chi connectivity index (χ1) is 15.3. The van der Waals surface area contributed by atoms with Crippen LogP contribution in [0, 0.1) is 11.8 Å². The van der Waals surface area contributed by atoms with Crippen molar-refractivity contribution in [3.63, 3.8) is 0 Å². The first-order valence-electron chi connectivity index (χ1n) is 11.4. The predicted octanol–water partition coefficient (Wildman–Crippen LogP) is 4.00. The zero-order valence-corrected chi connectivity index (χ0v) is 20.1. The molecule has 3 rings (SSSR count). The van der Waals surface area contributed by atoms with Crippen LogP contribution in [0.1, 0.15) is 43.5 Å². The maximum Gasteiger partial charge on any atom is 0.264 e. The summed E-state index contributed by atoms with van der Waals surface area (Å²) >= 11 is 0. The maximum absolute atomic E-state index is 12.9. The number of hydrogen-bond donors (Lipinski definition) is 1. The molecule has 0 spiro atoms. The van der Waals surface area contributed by atoms with Gasteiger partial charge in [0.1, 0.15) is 0 Å². The molecule has 0 aromatic heterocycles. The second kappa shape index (κ2) is 11.0. The summed E-state index contributed by atoms with van der Waals surface area (Å²) < 4.78 is 26.9. The second-order valence-electron chi connectivity index (χ2n) is 9.00. The fraction of sp³-hybridized carbons (Fsp3) is 0.480. The van der Waals surface area contributed by atoms with Crippen LogP contribution < -0.4 is 9.62 Å². The molecule has 0 radical (unpaired) electrons. The zero-order valence-electron chi connectivity index (χ0n) is 19.3. The maximum atomic E-state index is 12.9. The number of sulfonamides is 1. The van der Waals surface area contributed by atoms with Crippen LogP contribution in [0.3, 0.4) is 0 Å². The highest BCUT2D eigenvalue weighted by molar-refractivity contribution is 7.92. The van der Waals surface area contributed by atoms with Gasteiger partial charge in [0.05, 0.1) is 10.6 Å². The van der Waals surface area contributed by atoms with Gasteiger partial charge in [0.25, 0.3) is 15.9 Å². The van der Waals surface area contributed by atoms with Crippen molar-refractivity contribution in [2.24, 2.45) is 11.8 Å².